The molecule has 1 aliphatic heterocycles. The summed E-state index contributed by atoms with van der Waals surface area (Å²) in [4.78, 5) is 0. The summed E-state index contributed by atoms with van der Waals surface area (Å²) in [6.45, 7) is 3.76. The average molecular weight is 260 g/mol. The minimum atomic E-state index is -3.37. The molecule has 0 unspecified atom stereocenters. The third-order valence-electron chi connectivity index (χ3n) is 2.01. The fourth-order valence-corrected chi connectivity index (χ4v) is 2.55. The second-order valence-electron chi connectivity index (χ2n) is 3.27. The van der Waals surface area contributed by atoms with Gasteiger partial charge in [0.1, 0.15) is 0 Å². The standard InChI is InChI=1S/C7H17N3O3S.ClH/c1-7(6-8)9-14(11,12)10-2-4-13-5-3-10;/h7,9H,2-6,8H2,1H3;1H/t7-;/m0./s1. The predicted molar refractivity (Wildman–Crippen MR) is 60.2 cm³/mol. The van der Waals surface area contributed by atoms with Gasteiger partial charge in [0, 0.05) is 25.7 Å². The monoisotopic (exact) mass is 259 g/mol. The van der Waals surface area contributed by atoms with Gasteiger partial charge in [-0.3, -0.25) is 0 Å². The molecule has 92 valence electrons. The van der Waals surface area contributed by atoms with Gasteiger partial charge in [-0.2, -0.15) is 17.4 Å². The zero-order valence-corrected chi connectivity index (χ0v) is 10.3. The Morgan fingerprint density at radius 1 is 1.47 bits per heavy atom. The van der Waals surface area contributed by atoms with E-state index in [1.54, 1.807) is 6.92 Å². The summed E-state index contributed by atoms with van der Waals surface area (Å²) < 4.78 is 32.3. The van der Waals surface area contributed by atoms with E-state index in [2.05, 4.69) is 4.72 Å². The maximum atomic E-state index is 11.7. The Kier molecular flexibility index (Phi) is 6.65. The van der Waals surface area contributed by atoms with Crippen LogP contribution in [0.2, 0.25) is 0 Å². The maximum Gasteiger partial charge on any atom is 0.279 e. The smallest absolute Gasteiger partial charge is 0.279 e. The predicted octanol–water partition coefficient (Wildman–Crippen LogP) is -1.08. The molecule has 0 radical (unpaired) electrons. The summed E-state index contributed by atoms with van der Waals surface area (Å²) in [7, 11) is -3.37. The van der Waals surface area contributed by atoms with Gasteiger partial charge in [-0.05, 0) is 6.92 Å². The van der Waals surface area contributed by atoms with Crippen molar-refractivity contribution in [2.24, 2.45) is 5.73 Å². The second-order valence-corrected chi connectivity index (χ2v) is 4.97. The molecule has 0 aliphatic carbocycles. The van der Waals surface area contributed by atoms with Crippen LogP contribution in [0.3, 0.4) is 0 Å². The largest absolute Gasteiger partial charge is 0.379 e. The van der Waals surface area contributed by atoms with E-state index >= 15 is 0 Å². The minimum Gasteiger partial charge on any atom is -0.379 e. The SMILES string of the molecule is C[C@@H](CN)NS(=O)(=O)N1CCOCC1.Cl. The van der Waals surface area contributed by atoms with Gasteiger partial charge in [0.15, 0.2) is 0 Å². The highest BCUT2D eigenvalue weighted by atomic mass is 35.5. The lowest BCUT2D eigenvalue weighted by Gasteiger charge is -2.27. The van der Waals surface area contributed by atoms with E-state index in [4.69, 9.17) is 10.5 Å². The Bertz CT molecular complexity index is 267. The van der Waals surface area contributed by atoms with Crippen molar-refractivity contribution >= 4 is 22.6 Å². The van der Waals surface area contributed by atoms with Crippen molar-refractivity contribution in [2.75, 3.05) is 32.8 Å². The van der Waals surface area contributed by atoms with E-state index < -0.39 is 10.2 Å². The lowest BCUT2D eigenvalue weighted by Crippen LogP contribution is -2.50. The van der Waals surface area contributed by atoms with Gasteiger partial charge in [0.2, 0.25) is 0 Å². The van der Waals surface area contributed by atoms with Crippen LogP contribution < -0.4 is 10.5 Å². The molecule has 1 saturated heterocycles. The number of nitrogens with zero attached hydrogens (tertiary/aromatic N) is 1. The third kappa shape index (κ3) is 4.62. The van der Waals surface area contributed by atoms with Crippen LogP contribution in [0.25, 0.3) is 0 Å². The van der Waals surface area contributed by atoms with Gasteiger partial charge in [-0.1, -0.05) is 0 Å². The van der Waals surface area contributed by atoms with Gasteiger partial charge in [-0.25, -0.2) is 0 Å². The molecule has 0 saturated carbocycles. The van der Waals surface area contributed by atoms with Crippen molar-refractivity contribution in [3.63, 3.8) is 0 Å². The number of halogens is 1. The van der Waals surface area contributed by atoms with Gasteiger partial charge >= 0.3 is 0 Å². The van der Waals surface area contributed by atoms with Crippen molar-refractivity contribution < 1.29 is 13.2 Å². The van der Waals surface area contributed by atoms with Crippen molar-refractivity contribution in [3.8, 4) is 0 Å². The molecule has 1 rings (SSSR count). The molecule has 1 fully saturated rings. The average Bonchev–Trinajstić information content (AvgIpc) is 2.18. The zero-order chi connectivity index (χ0) is 10.6. The van der Waals surface area contributed by atoms with Gasteiger partial charge in [0.05, 0.1) is 13.2 Å². The number of ether oxygens (including phenoxy) is 1. The van der Waals surface area contributed by atoms with Crippen LogP contribution >= 0.6 is 12.4 Å². The number of nitrogens with two attached hydrogens (primary N) is 1. The molecule has 8 heteroatoms. The molecule has 0 aromatic heterocycles. The summed E-state index contributed by atoms with van der Waals surface area (Å²) >= 11 is 0. The molecule has 0 bridgehead atoms. The Balaban J connectivity index is 0.00000196. The quantitative estimate of drug-likeness (QED) is 0.673. The van der Waals surface area contributed by atoms with Crippen LogP contribution in [-0.2, 0) is 14.9 Å². The molecule has 6 nitrogen and oxygen atoms in total. The van der Waals surface area contributed by atoms with Gasteiger partial charge < -0.3 is 10.5 Å². The van der Waals surface area contributed by atoms with Crippen LogP contribution in [-0.4, -0.2) is 51.6 Å². The Morgan fingerprint density at radius 3 is 2.47 bits per heavy atom. The van der Waals surface area contributed by atoms with Gasteiger partial charge in [-0.15, -0.1) is 12.4 Å². The van der Waals surface area contributed by atoms with Crippen molar-refractivity contribution in [3.05, 3.63) is 0 Å². The Hall–Kier alpha value is 0.0800. The highest BCUT2D eigenvalue weighted by Gasteiger charge is 2.24. The van der Waals surface area contributed by atoms with E-state index in [0.717, 1.165) is 0 Å². The maximum absolute atomic E-state index is 11.7. The molecule has 0 aromatic rings. The highest BCUT2D eigenvalue weighted by molar-refractivity contribution is 7.87. The Morgan fingerprint density at radius 2 is 2.00 bits per heavy atom. The fourth-order valence-electron chi connectivity index (χ4n) is 1.16. The molecule has 0 aromatic carbocycles. The summed E-state index contributed by atoms with van der Waals surface area (Å²) in [6, 6.07) is -0.233. The number of nitrogens with one attached hydrogen (secondary N) is 1. The van der Waals surface area contributed by atoms with Crippen LogP contribution in [0.5, 0.6) is 0 Å². The first-order chi connectivity index (χ1) is 6.56. The fraction of sp³-hybridized carbons (Fsp3) is 1.00. The zero-order valence-electron chi connectivity index (χ0n) is 8.68. The number of hydrogen-bond acceptors (Lipinski definition) is 4. The summed E-state index contributed by atoms with van der Waals surface area (Å²) in [5.41, 5.74) is 5.34. The van der Waals surface area contributed by atoms with E-state index in [-0.39, 0.29) is 18.4 Å². The second kappa shape index (κ2) is 6.62. The molecular weight excluding hydrogens is 242 g/mol. The topological polar surface area (TPSA) is 84.7 Å². The lowest BCUT2D eigenvalue weighted by atomic mass is 10.4. The number of hydrogen-bond donors (Lipinski definition) is 2. The van der Waals surface area contributed by atoms with Gasteiger partial charge in [0.25, 0.3) is 10.2 Å². The van der Waals surface area contributed by atoms with Crippen LogP contribution in [0.1, 0.15) is 6.92 Å². The van der Waals surface area contributed by atoms with Crippen LogP contribution in [0, 0.1) is 0 Å². The van der Waals surface area contributed by atoms with E-state index in [1.807, 2.05) is 0 Å². The summed E-state index contributed by atoms with van der Waals surface area (Å²) in [6.07, 6.45) is 0. The minimum absolute atomic E-state index is 0. The van der Waals surface area contributed by atoms with Crippen molar-refractivity contribution in [2.45, 2.75) is 13.0 Å². The first-order valence-corrected chi connectivity index (χ1v) is 6.05. The molecule has 1 aliphatic rings. The number of morpholine rings is 1. The molecule has 15 heavy (non-hydrogen) atoms. The van der Waals surface area contributed by atoms with Crippen LogP contribution in [0.4, 0.5) is 0 Å². The molecular formula is C7H18ClN3O3S. The molecule has 1 heterocycles. The van der Waals surface area contributed by atoms with E-state index in [1.165, 1.54) is 4.31 Å². The number of rotatable bonds is 4. The summed E-state index contributed by atoms with van der Waals surface area (Å²) in [5.74, 6) is 0. The molecule has 3 N–H and O–H groups in total. The summed E-state index contributed by atoms with van der Waals surface area (Å²) in [5, 5.41) is 0. The Labute approximate surface area is 96.7 Å². The highest BCUT2D eigenvalue weighted by Crippen LogP contribution is 2.03. The van der Waals surface area contributed by atoms with Crippen molar-refractivity contribution in [1.82, 2.24) is 9.03 Å². The first-order valence-electron chi connectivity index (χ1n) is 4.61. The van der Waals surface area contributed by atoms with E-state index in [9.17, 15) is 8.42 Å². The molecule has 0 spiro atoms. The lowest BCUT2D eigenvalue weighted by molar-refractivity contribution is 0.0723. The molecule has 0 amide bonds. The first kappa shape index (κ1) is 15.1. The van der Waals surface area contributed by atoms with Crippen molar-refractivity contribution in [1.29, 1.82) is 0 Å². The normalized spacial score (nSPS) is 20.7. The van der Waals surface area contributed by atoms with E-state index in [0.29, 0.717) is 32.8 Å². The molecule has 1 atom stereocenters. The third-order valence-corrected chi connectivity index (χ3v) is 3.76. The van der Waals surface area contributed by atoms with Crippen LogP contribution in [0.15, 0.2) is 0 Å².